The highest BCUT2D eigenvalue weighted by atomic mass is 14.9. The third-order valence-electron chi connectivity index (χ3n) is 3.92. The largest absolute Gasteiger partial charge is 0.314 e. The maximum Gasteiger partial charge on any atom is 0.0481 e. The van der Waals surface area contributed by atoms with Crippen LogP contribution in [-0.2, 0) is 6.42 Å². The van der Waals surface area contributed by atoms with Crippen molar-refractivity contribution >= 4 is 0 Å². The molecular formula is C16H26N2. The SMILES string of the molecule is CCNC(CC(C)C)C1CCCc2cccnc21. The molecular weight excluding hydrogens is 220 g/mol. The van der Waals surface area contributed by atoms with Crippen molar-refractivity contribution in [2.45, 2.75) is 58.4 Å². The highest BCUT2D eigenvalue weighted by molar-refractivity contribution is 5.27. The molecule has 0 aromatic carbocycles. The van der Waals surface area contributed by atoms with Crippen LogP contribution in [0.25, 0.3) is 0 Å². The molecule has 0 saturated carbocycles. The molecule has 0 spiro atoms. The molecule has 2 heteroatoms. The van der Waals surface area contributed by atoms with Gasteiger partial charge in [-0.1, -0.05) is 26.8 Å². The van der Waals surface area contributed by atoms with E-state index in [1.165, 1.54) is 36.9 Å². The standard InChI is InChI=1S/C16H26N2/c1-4-17-15(11-12(2)3)14-9-5-7-13-8-6-10-18-16(13)14/h6,8,10,12,14-15,17H,4-5,7,9,11H2,1-3H3. The van der Waals surface area contributed by atoms with Gasteiger partial charge in [0.2, 0.25) is 0 Å². The van der Waals surface area contributed by atoms with E-state index in [1.54, 1.807) is 0 Å². The van der Waals surface area contributed by atoms with E-state index in [2.05, 4.69) is 43.2 Å². The Bertz CT molecular complexity index is 373. The van der Waals surface area contributed by atoms with Crippen molar-refractivity contribution in [2.75, 3.05) is 6.54 Å². The molecule has 2 rings (SSSR count). The lowest BCUT2D eigenvalue weighted by Gasteiger charge is -2.33. The zero-order chi connectivity index (χ0) is 13.0. The highest BCUT2D eigenvalue weighted by Crippen LogP contribution is 2.34. The van der Waals surface area contributed by atoms with Gasteiger partial charge in [-0.15, -0.1) is 0 Å². The van der Waals surface area contributed by atoms with E-state index in [4.69, 9.17) is 0 Å². The van der Waals surface area contributed by atoms with Crippen molar-refractivity contribution in [3.05, 3.63) is 29.6 Å². The maximum absolute atomic E-state index is 4.67. The minimum atomic E-state index is 0.587. The van der Waals surface area contributed by atoms with Crippen LogP contribution in [0.5, 0.6) is 0 Å². The van der Waals surface area contributed by atoms with Gasteiger partial charge in [0.1, 0.15) is 0 Å². The number of hydrogen-bond acceptors (Lipinski definition) is 2. The Morgan fingerprint density at radius 3 is 3.00 bits per heavy atom. The molecule has 2 unspecified atom stereocenters. The molecule has 1 aromatic heterocycles. The van der Waals surface area contributed by atoms with Crippen LogP contribution >= 0.6 is 0 Å². The van der Waals surface area contributed by atoms with Crippen LogP contribution in [-0.4, -0.2) is 17.6 Å². The molecule has 1 aromatic rings. The summed E-state index contributed by atoms with van der Waals surface area (Å²) in [5.74, 6) is 1.35. The van der Waals surface area contributed by atoms with E-state index in [0.717, 1.165) is 12.5 Å². The number of hydrogen-bond donors (Lipinski definition) is 1. The van der Waals surface area contributed by atoms with E-state index in [1.807, 2.05) is 6.20 Å². The summed E-state index contributed by atoms with van der Waals surface area (Å²) < 4.78 is 0. The van der Waals surface area contributed by atoms with Gasteiger partial charge in [-0.3, -0.25) is 4.98 Å². The van der Waals surface area contributed by atoms with Gasteiger partial charge in [0.25, 0.3) is 0 Å². The zero-order valence-electron chi connectivity index (χ0n) is 11.9. The molecule has 1 N–H and O–H groups in total. The lowest BCUT2D eigenvalue weighted by atomic mass is 9.79. The molecule has 1 aliphatic rings. The monoisotopic (exact) mass is 246 g/mol. The number of rotatable bonds is 5. The van der Waals surface area contributed by atoms with E-state index in [0.29, 0.717) is 12.0 Å². The van der Waals surface area contributed by atoms with Gasteiger partial charge in [0, 0.05) is 23.9 Å². The van der Waals surface area contributed by atoms with Crippen molar-refractivity contribution < 1.29 is 0 Å². The Balaban J connectivity index is 2.20. The first-order valence-electron chi connectivity index (χ1n) is 7.39. The highest BCUT2D eigenvalue weighted by Gasteiger charge is 2.28. The Morgan fingerprint density at radius 2 is 2.28 bits per heavy atom. The summed E-state index contributed by atoms with van der Waals surface area (Å²) in [5, 5.41) is 3.68. The summed E-state index contributed by atoms with van der Waals surface area (Å²) in [5.41, 5.74) is 2.83. The van der Waals surface area contributed by atoms with E-state index < -0.39 is 0 Å². The normalized spacial score (nSPS) is 20.8. The average Bonchev–Trinajstić information content (AvgIpc) is 2.37. The molecule has 18 heavy (non-hydrogen) atoms. The van der Waals surface area contributed by atoms with E-state index in [9.17, 15) is 0 Å². The van der Waals surface area contributed by atoms with Crippen LogP contribution in [0.2, 0.25) is 0 Å². The third-order valence-corrected chi connectivity index (χ3v) is 3.92. The van der Waals surface area contributed by atoms with Crippen molar-refractivity contribution in [2.24, 2.45) is 5.92 Å². The number of aryl methyl sites for hydroxylation is 1. The molecule has 0 saturated heterocycles. The molecule has 0 bridgehead atoms. The Hall–Kier alpha value is -0.890. The topological polar surface area (TPSA) is 24.9 Å². The second-order valence-corrected chi connectivity index (χ2v) is 5.84. The quantitative estimate of drug-likeness (QED) is 0.859. The van der Waals surface area contributed by atoms with Gasteiger partial charge >= 0.3 is 0 Å². The van der Waals surface area contributed by atoms with Crippen LogP contribution in [0.1, 0.15) is 57.2 Å². The summed E-state index contributed by atoms with van der Waals surface area (Å²) >= 11 is 0. The van der Waals surface area contributed by atoms with Crippen molar-refractivity contribution in [1.82, 2.24) is 10.3 Å². The van der Waals surface area contributed by atoms with Gasteiger partial charge in [-0.05, 0) is 49.8 Å². The van der Waals surface area contributed by atoms with Gasteiger partial charge in [0.15, 0.2) is 0 Å². The molecule has 1 heterocycles. The van der Waals surface area contributed by atoms with Gasteiger partial charge in [0.05, 0.1) is 0 Å². The molecule has 100 valence electrons. The minimum Gasteiger partial charge on any atom is -0.314 e. The van der Waals surface area contributed by atoms with Crippen LogP contribution < -0.4 is 5.32 Å². The lowest BCUT2D eigenvalue weighted by Crippen LogP contribution is -2.38. The number of nitrogens with zero attached hydrogens (tertiary/aromatic N) is 1. The first-order chi connectivity index (χ1) is 8.72. The Morgan fingerprint density at radius 1 is 1.44 bits per heavy atom. The molecule has 2 nitrogen and oxygen atoms in total. The molecule has 0 radical (unpaired) electrons. The summed E-state index contributed by atoms with van der Waals surface area (Å²) in [7, 11) is 0. The molecule has 0 fully saturated rings. The molecule has 0 amide bonds. The fourth-order valence-corrected chi connectivity index (χ4v) is 3.20. The van der Waals surface area contributed by atoms with Gasteiger partial charge in [-0.2, -0.15) is 0 Å². The fraction of sp³-hybridized carbons (Fsp3) is 0.688. The summed E-state index contributed by atoms with van der Waals surface area (Å²) in [6.45, 7) is 7.88. The smallest absolute Gasteiger partial charge is 0.0481 e. The number of pyridine rings is 1. The Kier molecular flexibility index (Phi) is 4.76. The summed E-state index contributed by atoms with van der Waals surface area (Å²) in [6.07, 6.45) is 7.00. The number of likely N-dealkylation sites (N-methyl/N-ethyl adjacent to an activating group) is 1. The third kappa shape index (κ3) is 3.11. The lowest BCUT2D eigenvalue weighted by molar-refractivity contribution is 0.338. The number of nitrogens with one attached hydrogen (secondary N) is 1. The van der Waals surface area contributed by atoms with Crippen LogP contribution in [0.4, 0.5) is 0 Å². The van der Waals surface area contributed by atoms with Crippen LogP contribution in [0.3, 0.4) is 0 Å². The summed E-state index contributed by atoms with van der Waals surface area (Å²) in [6, 6.07) is 4.92. The average molecular weight is 246 g/mol. The molecule has 1 aliphatic carbocycles. The molecule has 0 aliphatic heterocycles. The van der Waals surface area contributed by atoms with Gasteiger partial charge in [-0.25, -0.2) is 0 Å². The van der Waals surface area contributed by atoms with E-state index >= 15 is 0 Å². The van der Waals surface area contributed by atoms with Crippen molar-refractivity contribution in [3.8, 4) is 0 Å². The first-order valence-corrected chi connectivity index (χ1v) is 7.39. The first kappa shape index (κ1) is 13.5. The van der Waals surface area contributed by atoms with Crippen LogP contribution in [0.15, 0.2) is 18.3 Å². The van der Waals surface area contributed by atoms with Crippen molar-refractivity contribution in [1.29, 1.82) is 0 Å². The van der Waals surface area contributed by atoms with E-state index in [-0.39, 0.29) is 0 Å². The van der Waals surface area contributed by atoms with Gasteiger partial charge < -0.3 is 5.32 Å². The number of aromatic nitrogens is 1. The predicted octanol–water partition coefficient (Wildman–Crippen LogP) is 3.53. The zero-order valence-corrected chi connectivity index (χ0v) is 11.9. The second-order valence-electron chi connectivity index (χ2n) is 5.84. The van der Waals surface area contributed by atoms with Crippen LogP contribution in [0, 0.1) is 5.92 Å². The summed E-state index contributed by atoms with van der Waals surface area (Å²) in [4.78, 5) is 4.67. The predicted molar refractivity (Wildman–Crippen MR) is 76.8 cm³/mol. The minimum absolute atomic E-state index is 0.587. The van der Waals surface area contributed by atoms with Crippen molar-refractivity contribution in [3.63, 3.8) is 0 Å². The fourth-order valence-electron chi connectivity index (χ4n) is 3.20. The Labute approximate surface area is 111 Å². The second kappa shape index (κ2) is 6.33. The number of fused-ring (bicyclic) bond motifs is 1. The molecule has 2 atom stereocenters. The maximum atomic E-state index is 4.67.